The van der Waals surface area contributed by atoms with E-state index in [-0.39, 0.29) is 18.7 Å². The van der Waals surface area contributed by atoms with E-state index in [1.165, 1.54) is 11.3 Å². The number of aromatic nitrogens is 1. The highest BCUT2D eigenvalue weighted by Gasteiger charge is 2.24. The maximum absolute atomic E-state index is 12.6. The number of hydrogen-bond acceptors (Lipinski definition) is 6. The van der Waals surface area contributed by atoms with Gasteiger partial charge in [0.2, 0.25) is 6.79 Å². The molecule has 6 nitrogen and oxygen atoms in total. The molecule has 1 saturated heterocycles. The quantitative estimate of drug-likeness (QED) is 0.912. The van der Waals surface area contributed by atoms with Crippen LogP contribution in [0.3, 0.4) is 0 Å². The van der Waals surface area contributed by atoms with Crippen LogP contribution in [0.1, 0.15) is 22.5 Å². The minimum absolute atomic E-state index is 0.0182. The minimum atomic E-state index is 0.0182. The molecule has 1 atom stereocenters. The average Bonchev–Trinajstić information content (AvgIpc) is 3.22. The first kappa shape index (κ1) is 14.5. The molecule has 0 radical (unpaired) electrons. The predicted molar refractivity (Wildman–Crippen MR) is 86.8 cm³/mol. The van der Waals surface area contributed by atoms with Crippen LogP contribution in [0.25, 0.3) is 10.6 Å². The van der Waals surface area contributed by atoms with Gasteiger partial charge in [-0.3, -0.25) is 4.79 Å². The zero-order valence-electron chi connectivity index (χ0n) is 12.5. The second kappa shape index (κ2) is 5.82. The van der Waals surface area contributed by atoms with E-state index in [1.54, 1.807) is 6.20 Å². The summed E-state index contributed by atoms with van der Waals surface area (Å²) in [4.78, 5) is 19.4. The standard InChI is InChI=1S/C16H17N3O3S/c17-11-2-1-5-19(8-11)16(20)14-7-18-15(23-14)10-3-4-12-13(6-10)22-9-21-12/h3-4,6-7,11H,1-2,5,8-9,17H2. The first-order chi connectivity index (χ1) is 11.2. The van der Waals surface area contributed by atoms with Crippen molar-refractivity contribution in [1.29, 1.82) is 0 Å². The van der Waals surface area contributed by atoms with Crippen LogP contribution in [0.15, 0.2) is 24.4 Å². The molecule has 1 aromatic carbocycles. The SMILES string of the molecule is NC1CCCN(C(=O)c2cnc(-c3ccc4c(c3)OCO4)s2)C1. The van der Waals surface area contributed by atoms with E-state index in [1.807, 2.05) is 23.1 Å². The monoisotopic (exact) mass is 331 g/mol. The van der Waals surface area contributed by atoms with E-state index < -0.39 is 0 Å². The third-order valence-corrected chi connectivity index (χ3v) is 5.12. The summed E-state index contributed by atoms with van der Waals surface area (Å²) in [7, 11) is 0. The van der Waals surface area contributed by atoms with Gasteiger partial charge in [-0.2, -0.15) is 0 Å². The normalized spacial score (nSPS) is 19.9. The Kier molecular flexibility index (Phi) is 3.66. The van der Waals surface area contributed by atoms with Gasteiger partial charge in [-0.05, 0) is 31.0 Å². The van der Waals surface area contributed by atoms with Gasteiger partial charge in [0.25, 0.3) is 5.91 Å². The van der Waals surface area contributed by atoms with Crippen molar-refractivity contribution in [1.82, 2.24) is 9.88 Å². The zero-order valence-corrected chi connectivity index (χ0v) is 13.3. The molecule has 23 heavy (non-hydrogen) atoms. The molecule has 2 aromatic rings. The first-order valence-corrected chi connectivity index (χ1v) is 8.43. The number of piperidine rings is 1. The van der Waals surface area contributed by atoms with E-state index in [0.29, 0.717) is 17.2 Å². The Morgan fingerprint density at radius 2 is 2.22 bits per heavy atom. The minimum Gasteiger partial charge on any atom is -0.454 e. The molecule has 1 amide bonds. The number of fused-ring (bicyclic) bond motifs is 1. The second-order valence-electron chi connectivity index (χ2n) is 5.75. The summed E-state index contributed by atoms with van der Waals surface area (Å²) in [5, 5.41) is 0.799. The fourth-order valence-corrected chi connectivity index (χ4v) is 3.77. The van der Waals surface area contributed by atoms with Gasteiger partial charge in [-0.15, -0.1) is 11.3 Å². The van der Waals surface area contributed by atoms with Gasteiger partial charge >= 0.3 is 0 Å². The van der Waals surface area contributed by atoms with Crippen LogP contribution in [0.2, 0.25) is 0 Å². The number of ether oxygens (including phenoxy) is 2. The third kappa shape index (κ3) is 2.77. The smallest absolute Gasteiger partial charge is 0.265 e. The zero-order chi connectivity index (χ0) is 15.8. The Morgan fingerprint density at radius 1 is 1.35 bits per heavy atom. The van der Waals surface area contributed by atoms with Crippen molar-refractivity contribution in [3.8, 4) is 22.1 Å². The average molecular weight is 331 g/mol. The number of thiazole rings is 1. The van der Waals surface area contributed by atoms with Gasteiger partial charge in [0.15, 0.2) is 11.5 Å². The van der Waals surface area contributed by atoms with Crippen LogP contribution in [0.4, 0.5) is 0 Å². The molecule has 0 saturated carbocycles. The van der Waals surface area contributed by atoms with Crippen molar-refractivity contribution < 1.29 is 14.3 Å². The molecule has 1 unspecified atom stereocenters. The Balaban J connectivity index is 1.55. The molecule has 4 rings (SSSR count). The molecule has 2 N–H and O–H groups in total. The van der Waals surface area contributed by atoms with Crippen molar-refractivity contribution in [2.24, 2.45) is 5.73 Å². The number of amides is 1. The Labute approximate surface area is 137 Å². The second-order valence-corrected chi connectivity index (χ2v) is 6.78. The summed E-state index contributed by atoms with van der Waals surface area (Å²) in [6, 6.07) is 5.77. The number of rotatable bonds is 2. The van der Waals surface area contributed by atoms with Crippen LogP contribution >= 0.6 is 11.3 Å². The first-order valence-electron chi connectivity index (χ1n) is 7.61. The van der Waals surface area contributed by atoms with E-state index in [4.69, 9.17) is 15.2 Å². The van der Waals surface area contributed by atoms with Gasteiger partial charge in [0.05, 0.1) is 6.20 Å². The van der Waals surface area contributed by atoms with Gasteiger partial charge in [0, 0.05) is 24.7 Å². The number of hydrogen-bond donors (Lipinski definition) is 1. The highest BCUT2D eigenvalue weighted by atomic mass is 32.1. The number of nitrogens with two attached hydrogens (primary N) is 1. The maximum atomic E-state index is 12.6. The van der Waals surface area contributed by atoms with Crippen molar-refractivity contribution in [2.45, 2.75) is 18.9 Å². The van der Waals surface area contributed by atoms with Crippen LogP contribution in [-0.2, 0) is 0 Å². The van der Waals surface area contributed by atoms with E-state index in [0.717, 1.165) is 35.7 Å². The molecule has 3 heterocycles. The van der Waals surface area contributed by atoms with Gasteiger partial charge < -0.3 is 20.1 Å². The molecule has 1 aromatic heterocycles. The Morgan fingerprint density at radius 3 is 3.09 bits per heavy atom. The lowest BCUT2D eigenvalue weighted by atomic mass is 10.1. The fourth-order valence-electron chi connectivity index (χ4n) is 2.89. The molecule has 120 valence electrons. The number of carbonyl (C=O) groups excluding carboxylic acids is 1. The predicted octanol–water partition coefficient (Wildman–Crippen LogP) is 2.10. The molecular weight excluding hydrogens is 314 g/mol. The summed E-state index contributed by atoms with van der Waals surface area (Å²) in [5.41, 5.74) is 6.88. The van der Waals surface area contributed by atoms with E-state index >= 15 is 0 Å². The lowest BCUT2D eigenvalue weighted by Crippen LogP contribution is -2.45. The summed E-state index contributed by atoms with van der Waals surface area (Å²) in [6.07, 6.45) is 3.59. The maximum Gasteiger partial charge on any atom is 0.265 e. The topological polar surface area (TPSA) is 77.7 Å². The Bertz CT molecular complexity index is 746. The van der Waals surface area contributed by atoms with Crippen molar-refractivity contribution in [3.63, 3.8) is 0 Å². The number of carbonyl (C=O) groups is 1. The number of likely N-dealkylation sites (tertiary alicyclic amines) is 1. The summed E-state index contributed by atoms with van der Waals surface area (Å²) >= 11 is 1.39. The van der Waals surface area contributed by atoms with Gasteiger partial charge in [0.1, 0.15) is 9.88 Å². The molecule has 2 aliphatic heterocycles. The van der Waals surface area contributed by atoms with Crippen LogP contribution in [0.5, 0.6) is 11.5 Å². The largest absolute Gasteiger partial charge is 0.454 e. The van der Waals surface area contributed by atoms with E-state index in [9.17, 15) is 4.79 Å². The highest BCUT2D eigenvalue weighted by molar-refractivity contribution is 7.16. The lowest BCUT2D eigenvalue weighted by molar-refractivity contribution is 0.0713. The molecule has 1 fully saturated rings. The molecular formula is C16H17N3O3S. The summed E-state index contributed by atoms with van der Waals surface area (Å²) < 4.78 is 10.7. The highest BCUT2D eigenvalue weighted by Crippen LogP contribution is 2.37. The van der Waals surface area contributed by atoms with Gasteiger partial charge in [-0.25, -0.2) is 4.98 Å². The van der Waals surface area contributed by atoms with Crippen molar-refractivity contribution in [3.05, 3.63) is 29.3 Å². The fraction of sp³-hybridized carbons (Fsp3) is 0.375. The summed E-state index contributed by atoms with van der Waals surface area (Å²) in [6.45, 7) is 1.63. The van der Waals surface area contributed by atoms with Gasteiger partial charge in [-0.1, -0.05) is 0 Å². The summed E-state index contributed by atoms with van der Waals surface area (Å²) in [5.74, 6) is 1.47. The molecule has 0 aliphatic carbocycles. The van der Waals surface area contributed by atoms with Crippen LogP contribution in [-0.4, -0.2) is 41.7 Å². The third-order valence-electron chi connectivity index (χ3n) is 4.08. The lowest BCUT2D eigenvalue weighted by Gasteiger charge is -2.30. The molecule has 0 spiro atoms. The molecule has 0 bridgehead atoms. The van der Waals surface area contributed by atoms with Crippen molar-refractivity contribution >= 4 is 17.2 Å². The van der Waals surface area contributed by atoms with Crippen LogP contribution < -0.4 is 15.2 Å². The van der Waals surface area contributed by atoms with E-state index in [2.05, 4.69) is 4.98 Å². The van der Waals surface area contributed by atoms with Crippen LogP contribution in [0, 0.1) is 0 Å². The Hall–Kier alpha value is -2.12. The van der Waals surface area contributed by atoms with Crippen molar-refractivity contribution in [2.75, 3.05) is 19.9 Å². The number of benzene rings is 1. The molecule has 7 heteroatoms. The molecule has 2 aliphatic rings. The number of nitrogens with zero attached hydrogens (tertiary/aromatic N) is 2.